The first-order valence-electron chi connectivity index (χ1n) is 14.8. The summed E-state index contributed by atoms with van der Waals surface area (Å²) in [6.07, 6.45) is 0.249. The summed E-state index contributed by atoms with van der Waals surface area (Å²) in [5, 5.41) is 48.6. The Morgan fingerprint density at radius 3 is 2.36 bits per heavy atom. The number of phenols is 1. The molecule has 7 N–H and O–H groups in total. The number of carbonyl (C=O) groups is 3. The van der Waals surface area contributed by atoms with Gasteiger partial charge in [-0.15, -0.1) is 0 Å². The minimum atomic E-state index is -2.67. The Morgan fingerprint density at radius 2 is 1.67 bits per heavy atom. The Balaban J connectivity index is 1.39. The average Bonchev–Trinajstić information content (AvgIpc) is 2.99. The number of hydrogen-bond acceptors (Lipinski definition) is 9. The molecule has 0 unspecified atom stereocenters. The number of primary amides is 1. The standard InChI is InChI=1S/C35H35N3O7/c1-38(2)29-24-15-21-14-23-22(20-10-6-9-19(13-20)17-37-16-18-7-4-3-5-8-18)11-12-25(39)27(23)30(40)26(21)32(42)35(24,45)33(43)28(31(29)41)34(36)44/h3-13,21,24,29,37,39,41-42,45H,14-17H2,1-2H3,(H2,36,44)/t21-,24-,29-,35-/m1/s1. The lowest BCUT2D eigenvalue weighted by molar-refractivity contribution is -0.148. The van der Waals surface area contributed by atoms with Crippen LogP contribution in [0.15, 0.2) is 89.4 Å². The number of likely N-dealkylation sites (N-methyl/N-ethyl adjacent to an activating group) is 1. The number of ketones is 2. The molecular weight excluding hydrogens is 574 g/mol. The highest BCUT2D eigenvalue weighted by atomic mass is 16.3. The van der Waals surface area contributed by atoms with E-state index in [0.29, 0.717) is 18.7 Å². The van der Waals surface area contributed by atoms with Crippen molar-refractivity contribution >= 4 is 17.5 Å². The molecule has 0 bridgehead atoms. The molecule has 6 rings (SSSR count). The molecule has 45 heavy (non-hydrogen) atoms. The Hall–Kier alpha value is -4.77. The van der Waals surface area contributed by atoms with E-state index in [2.05, 4.69) is 5.32 Å². The number of aliphatic hydroxyl groups excluding tert-OH is 2. The number of phenolic OH excluding ortho intramolecular Hbond substituents is 1. The summed E-state index contributed by atoms with van der Waals surface area (Å²) >= 11 is 0. The lowest BCUT2D eigenvalue weighted by atomic mass is 9.58. The lowest BCUT2D eigenvalue weighted by Crippen LogP contribution is -2.63. The number of benzene rings is 3. The van der Waals surface area contributed by atoms with Crippen LogP contribution < -0.4 is 11.1 Å². The summed E-state index contributed by atoms with van der Waals surface area (Å²) in [4.78, 5) is 41.3. The van der Waals surface area contributed by atoms with Crippen molar-refractivity contribution in [3.05, 3.63) is 112 Å². The van der Waals surface area contributed by atoms with Gasteiger partial charge in [0.15, 0.2) is 11.4 Å². The number of aromatic hydroxyl groups is 1. The van der Waals surface area contributed by atoms with Crippen LogP contribution in [-0.2, 0) is 29.1 Å². The van der Waals surface area contributed by atoms with Crippen molar-refractivity contribution in [1.29, 1.82) is 0 Å². The van der Waals surface area contributed by atoms with Gasteiger partial charge >= 0.3 is 0 Å². The maximum atomic E-state index is 14.1. The third-order valence-electron chi connectivity index (χ3n) is 9.35. The second-order valence-corrected chi connectivity index (χ2v) is 12.2. The van der Waals surface area contributed by atoms with Crippen LogP contribution in [0.5, 0.6) is 5.75 Å². The smallest absolute Gasteiger partial charge is 0.255 e. The zero-order valence-corrected chi connectivity index (χ0v) is 24.9. The lowest BCUT2D eigenvalue weighted by Gasteiger charge is -2.50. The first-order valence-corrected chi connectivity index (χ1v) is 14.8. The monoisotopic (exact) mass is 609 g/mol. The fraction of sp³-hybridized carbons (Fsp3) is 0.286. The van der Waals surface area contributed by atoms with Crippen molar-refractivity contribution in [3.8, 4) is 16.9 Å². The van der Waals surface area contributed by atoms with E-state index in [1.54, 1.807) is 20.2 Å². The van der Waals surface area contributed by atoms with Crippen molar-refractivity contribution in [2.45, 2.75) is 37.6 Å². The molecule has 0 fully saturated rings. The van der Waals surface area contributed by atoms with Gasteiger partial charge in [-0.05, 0) is 72.8 Å². The molecule has 0 aromatic heterocycles. The number of nitrogens with zero attached hydrogens (tertiary/aromatic N) is 1. The normalized spacial score (nSPS) is 24.4. The number of carbonyl (C=O) groups excluding carboxylic acids is 3. The van der Waals surface area contributed by atoms with E-state index in [0.717, 1.165) is 22.3 Å². The van der Waals surface area contributed by atoms with Crippen LogP contribution in [0.1, 0.15) is 33.5 Å². The minimum absolute atomic E-state index is 0.0131. The molecule has 0 heterocycles. The summed E-state index contributed by atoms with van der Waals surface area (Å²) < 4.78 is 0. The Morgan fingerprint density at radius 1 is 0.978 bits per heavy atom. The van der Waals surface area contributed by atoms with Crippen LogP contribution in [0.4, 0.5) is 0 Å². The molecule has 0 radical (unpaired) electrons. The van der Waals surface area contributed by atoms with Gasteiger partial charge in [0.2, 0.25) is 5.78 Å². The maximum Gasteiger partial charge on any atom is 0.255 e. The van der Waals surface area contributed by atoms with Crippen LogP contribution in [0, 0.1) is 11.8 Å². The Kier molecular flexibility index (Phi) is 7.60. The molecule has 0 saturated heterocycles. The van der Waals surface area contributed by atoms with Gasteiger partial charge in [0, 0.05) is 24.6 Å². The molecular formula is C35H35N3O7. The van der Waals surface area contributed by atoms with Crippen molar-refractivity contribution in [2.24, 2.45) is 17.6 Å². The van der Waals surface area contributed by atoms with E-state index in [-0.39, 0.29) is 29.7 Å². The fourth-order valence-corrected chi connectivity index (χ4v) is 7.32. The maximum absolute atomic E-state index is 14.1. The second-order valence-electron chi connectivity index (χ2n) is 12.2. The summed E-state index contributed by atoms with van der Waals surface area (Å²) in [5.74, 6) is -6.70. The molecule has 0 spiro atoms. The SMILES string of the molecule is CN(C)[C@H]1C(O)=C(C(N)=O)C(=O)[C@]2(O)C(O)=C3C(=O)c4c(O)ccc(-c5cccc(CNCc6ccccc6)c5)c4C[C@@H]3C[C@H]12. The van der Waals surface area contributed by atoms with E-state index in [1.807, 2.05) is 54.6 Å². The third-order valence-corrected chi connectivity index (χ3v) is 9.35. The number of hydrogen-bond donors (Lipinski definition) is 6. The number of allylic oxidation sites excluding steroid dienone is 1. The van der Waals surface area contributed by atoms with Crippen molar-refractivity contribution in [3.63, 3.8) is 0 Å². The second kappa shape index (κ2) is 11.3. The molecule has 3 aromatic rings. The molecule has 4 atom stereocenters. The van der Waals surface area contributed by atoms with E-state index in [4.69, 9.17) is 5.73 Å². The first-order chi connectivity index (χ1) is 21.4. The summed E-state index contributed by atoms with van der Waals surface area (Å²) in [6.45, 7) is 1.31. The van der Waals surface area contributed by atoms with Gasteiger partial charge < -0.3 is 31.5 Å². The molecule has 0 saturated carbocycles. The Bertz CT molecular complexity index is 1800. The molecule has 1 amide bonds. The number of nitrogens with two attached hydrogens (primary N) is 1. The van der Waals surface area contributed by atoms with E-state index >= 15 is 0 Å². The molecule has 10 heteroatoms. The predicted molar refractivity (Wildman–Crippen MR) is 166 cm³/mol. The van der Waals surface area contributed by atoms with Crippen molar-refractivity contribution in [2.75, 3.05) is 14.1 Å². The van der Waals surface area contributed by atoms with Crippen LogP contribution in [0.3, 0.4) is 0 Å². The number of fused-ring (bicyclic) bond motifs is 3. The van der Waals surface area contributed by atoms with Gasteiger partial charge in [-0.25, -0.2) is 0 Å². The van der Waals surface area contributed by atoms with Crippen LogP contribution in [0.25, 0.3) is 11.1 Å². The molecule has 10 nitrogen and oxygen atoms in total. The van der Waals surface area contributed by atoms with Gasteiger partial charge in [-0.2, -0.15) is 0 Å². The summed E-state index contributed by atoms with van der Waals surface area (Å²) in [6, 6.07) is 20.1. The summed E-state index contributed by atoms with van der Waals surface area (Å²) in [7, 11) is 3.20. The van der Waals surface area contributed by atoms with Crippen molar-refractivity contribution in [1.82, 2.24) is 10.2 Å². The van der Waals surface area contributed by atoms with Gasteiger partial charge in [0.05, 0.1) is 11.6 Å². The highest BCUT2D eigenvalue weighted by molar-refractivity contribution is 6.24. The van der Waals surface area contributed by atoms with E-state index in [1.165, 1.54) is 11.0 Å². The third kappa shape index (κ3) is 4.82. The summed E-state index contributed by atoms with van der Waals surface area (Å²) in [5.41, 5.74) is 6.07. The van der Waals surface area contributed by atoms with Gasteiger partial charge in [-0.1, -0.05) is 54.6 Å². The van der Waals surface area contributed by atoms with E-state index in [9.17, 15) is 34.8 Å². The van der Waals surface area contributed by atoms with Crippen LogP contribution >= 0.6 is 0 Å². The van der Waals surface area contributed by atoms with Crippen LogP contribution in [0.2, 0.25) is 0 Å². The molecule has 3 aliphatic carbocycles. The highest BCUT2D eigenvalue weighted by Gasteiger charge is 2.63. The molecule has 0 aliphatic heterocycles. The highest BCUT2D eigenvalue weighted by Crippen LogP contribution is 2.53. The minimum Gasteiger partial charge on any atom is -0.510 e. The molecule has 3 aliphatic rings. The Labute approximate surface area is 260 Å². The fourth-order valence-electron chi connectivity index (χ4n) is 7.32. The molecule has 232 valence electrons. The quantitative estimate of drug-likeness (QED) is 0.220. The van der Waals surface area contributed by atoms with Crippen molar-refractivity contribution < 1.29 is 34.8 Å². The number of aliphatic hydroxyl groups is 3. The number of amides is 1. The first kappa shape index (κ1) is 30.3. The van der Waals surface area contributed by atoms with Gasteiger partial charge in [0.25, 0.3) is 5.91 Å². The average molecular weight is 610 g/mol. The van der Waals surface area contributed by atoms with Gasteiger partial charge in [-0.3, -0.25) is 19.3 Å². The topological polar surface area (TPSA) is 173 Å². The van der Waals surface area contributed by atoms with Crippen LogP contribution in [-0.4, -0.2) is 68.5 Å². The zero-order chi connectivity index (χ0) is 32.2. The largest absolute Gasteiger partial charge is 0.510 e. The van der Waals surface area contributed by atoms with E-state index < -0.39 is 58.0 Å². The zero-order valence-electron chi connectivity index (χ0n) is 24.9. The number of rotatable bonds is 7. The number of Topliss-reactive ketones (excluding diaryl/α,β-unsaturated/α-hetero) is 2. The predicted octanol–water partition coefficient (Wildman–Crippen LogP) is 3.08. The molecule has 3 aromatic carbocycles. The van der Waals surface area contributed by atoms with Gasteiger partial charge in [0.1, 0.15) is 22.8 Å². The number of nitrogens with one attached hydrogen (secondary N) is 1.